The van der Waals surface area contributed by atoms with E-state index in [0.29, 0.717) is 16.2 Å². The van der Waals surface area contributed by atoms with Crippen LogP contribution in [0, 0.1) is 0 Å². The SMILES string of the molecule is CCOC(=O)C(Cc1c(OC(C)C)noc1CBr)N(C(=O)OC(C)(C)C)C(=O)OC(C)(C)C. The Kier molecular flexibility index (Phi) is 10.2. The number of alkyl halides is 1. The van der Waals surface area contributed by atoms with Gasteiger partial charge in [-0.2, -0.15) is 4.90 Å². The van der Waals surface area contributed by atoms with Gasteiger partial charge in [0.15, 0.2) is 5.76 Å². The molecule has 0 aliphatic carbocycles. The number of hydrogen-bond acceptors (Lipinski definition) is 9. The minimum absolute atomic E-state index is 0.0378. The number of nitrogens with zero attached hydrogens (tertiary/aromatic N) is 2. The normalized spacial score (nSPS) is 12.8. The minimum atomic E-state index is -1.42. The van der Waals surface area contributed by atoms with Gasteiger partial charge in [0.2, 0.25) is 0 Å². The summed E-state index contributed by atoms with van der Waals surface area (Å²) in [5.41, 5.74) is -1.45. The van der Waals surface area contributed by atoms with Crippen molar-refractivity contribution >= 4 is 34.1 Å². The highest BCUT2D eigenvalue weighted by Crippen LogP contribution is 2.29. The molecule has 0 radical (unpaired) electrons. The second kappa shape index (κ2) is 11.7. The maximum atomic E-state index is 13.1. The summed E-state index contributed by atoms with van der Waals surface area (Å²) in [6, 6.07) is -1.42. The van der Waals surface area contributed by atoms with E-state index in [-0.39, 0.29) is 30.3 Å². The van der Waals surface area contributed by atoms with E-state index in [1.807, 2.05) is 13.8 Å². The van der Waals surface area contributed by atoms with Crippen molar-refractivity contribution < 1.29 is 37.9 Å². The summed E-state index contributed by atoms with van der Waals surface area (Å²) >= 11 is 3.32. The quantitative estimate of drug-likeness (QED) is 0.257. The first kappa shape index (κ1) is 28.7. The van der Waals surface area contributed by atoms with Crippen LogP contribution in [0.4, 0.5) is 9.59 Å². The highest BCUT2D eigenvalue weighted by Gasteiger charge is 2.42. The Morgan fingerprint density at radius 3 is 1.94 bits per heavy atom. The Morgan fingerprint density at radius 2 is 1.55 bits per heavy atom. The average molecular weight is 535 g/mol. The van der Waals surface area contributed by atoms with E-state index in [2.05, 4.69) is 21.1 Å². The summed E-state index contributed by atoms with van der Waals surface area (Å²) < 4.78 is 27.0. The molecular formula is C22H35BrN2O8. The molecule has 0 saturated carbocycles. The predicted molar refractivity (Wildman–Crippen MR) is 123 cm³/mol. The summed E-state index contributed by atoms with van der Waals surface area (Å²) in [6.07, 6.45) is -2.49. The molecule has 1 atom stereocenters. The van der Waals surface area contributed by atoms with E-state index in [1.165, 1.54) is 0 Å². The first-order chi connectivity index (χ1) is 15.1. The maximum Gasteiger partial charge on any atom is 0.420 e. The fourth-order valence-corrected chi connectivity index (χ4v) is 3.05. The lowest BCUT2D eigenvalue weighted by Crippen LogP contribution is -2.53. The van der Waals surface area contributed by atoms with Gasteiger partial charge in [-0.15, -0.1) is 0 Å². The number of hydrogen-bond donors (Lipinski definition) is 0. The Labute approximate surface area is 203 Å². The van der Waals surface area contributed by atoms with Gasteiger partial charge in [-0.1, -0.05) is 15.9 Å². The van der Waals surface area contributed by atoms with Crippen molar-refractivity contribution in [2.24, 2.45) is 0 Å². The van der Waals surface area contributed by atoms with E-state index >= 15 is 0 Å². The lowest BCUT2D eigenvalue weighted by molar-refractivity contribution is -0.149. The number of ether oxygens (including phenoxy) is 4. The summed E-state index contributed by atoms with van der Waals surface area (Å²) in [7, 11) is 0. The van der Waals surface area contributed by atoms with Crippen molar-refractivity contribution in [2.75, 3.05) is 6.61 Å². The molecular weight excluding hydrogens is 500 g/mol. The van der Waals surface area contributed by atoms with Crippen LogP contribution in [0.3, 0.4) is 0 Å². The Hall–Kier alpha value is -2.30. The van der Waals surface area contributed by atoms with Gasteiger partial charge in [-0.25, -0.2) is 14.4 Å². The first-order valence-electron chi connectivity index (χ1n) is 10.7. The second-order valence-corrected chi connectivity index (χ2v) is 10.1. The average Bonchev–Trinajstić information content (AvgIpc) is 2.99. The largest absolute Gasteiger partial charge is 0.473 e. The Bertz CT molecular complexity index is 795. The second-order valence-electron chi connectivity index (χ2n) is 9.49. The van der Waals surface area contributed by atoms with Crippen molar-refractivity contribution in [3.8, 4) is 5.88 Å². The molecule has 1 unspecified atom stereocenters. The van der Waals surface area contributed by atoms with E-state index < -0.39 is 35.4 Å². The van der Waals surface area contributed by atoms with E-state index in [4.69, 9.17) is 23.5 Å². The number of carbonyl (C=O) groups excluding carboxylic acids is 3. The summed E-state index contributed by atoms with van der Waals surface area (Å²) in [5.74, 6) is -0.276. The van der Waals surface area contributed by atoms with Crippen LogP contribution in [0.1, 0.15) is 73.6 Å². The van der Waals surface area contributed by atoms with Gasteiger partial charge in [-0.3, -0.25) is 0 Å². The van der Waals surface area contributed by atoms with Gasteiger partial charge in [0.05, 0.1) is 23.6 Å². The molecule has 0 fully saturated rings. The molecule has 1 rings (SSSR count). The Balaban J connectivity index is 3.55. The van der Waals surface area contributed by atoms with Crippen molar-refractivity contribution in [3.05, 3.63) is 11.3 Å². The van der Waals surface area contributed by atoms with Gasteiger partial charge < -0.3 is 23.5 Å². The molecule has 0 N–H and O–H groups in total. The van der Waals surface area contributed by atoms with Gasteiger partial charge in [0.25, 0.3) is 5.88 Å². The maximum absolute atomic E-state index is 13.1. The molecule has 0 spiro atoms. The molecule has 10 nitrogen and oxygen atoms in total. The predicted octanol–water partition coefficient (Wildman–Crippen LogP) is 5.00. The lowest BCUT2D eigenvalue weighted by atomic mass is 10.1. The molecule has 0 aliphatic rings. The van der Waals surface area contributed by atoms with Crippen molar-refractivity contribution in [1.29, 1.82) is 0 Å². The van der Waals surface area contributed by atoms with E-state index in [0.717, 1.165) is 0 Å². The van der Waals surface area contributed by atoms with E-state index in [9.17, 15) is 14.4 Å². The van der Waals surface area contributed by atoms with Crippen LogP contribution in [0.5, 0.6) is 5.88 Å². The topological polar surface area (TPSA) is 117 Å². The van der Waals surface area contributed by atoms with Gasteiger partial charge in [-0.05, 0) is 67.5 Å². The van der Waals surface area contributed by atoms with Crippen molar-refractivity contribution in [3.63, 3.8) is 0 Å². The number of imide groups is 1. The third-order valence-electron chi connectivity index (χ3n) is 3.75. The third kappa shape index (κ3) is 9.23. The molecule has 1 heterocycles. The molecule has 33 heavy (non-hydrogen) atoms. The van der Waals surface area contributed by atoms with Crippen LogP contribution in [0.25, 0.3) is 0 Å². The van der Waals surface area contributed by atoms with Crippen LogP contribution < -0.4 is 4.74 Å². The molecule has 11 heteroatoms. The van der Waals surface area contributed by atoms with Crippen LogP contribution in [-0.4, -0.2) is 58.2 Å². The highest BCUT2D eigenvalue weighted by atomic mass is 79.9. The van der Waals surface area contributed by atoms with Crippen LogP contribution in [-0.2, 0) is 30.8 Å². The third-order valence-corrected chi connectivity index (χ3v) is 4.26. The van der Waals surface area contributed by atoms with Gasteiger partial charge >= 0.3 is 18.2 Å². The number of halogens is 1. The molecule has 1 aromatic heterocycles. The molecule has 0 aromatic carbocycles. The number of amides is 2. The fourth-order valence-electron chi connectivity index (χ4n) is 2.61. The molecule has 2 amide bonds. The number of carbonyl (C=O) groups is 3. The molecule has 1 aromatic rings. The molecule has 0 saturated heterocycles. The zero-order chi connectivity index (χ0) is 25.6. The summed E-state index contributed by atoms with van der Waals surface area (Å²) in [4.78, 5) is 39.8. The van der Waals surface area contributed by atoms with Crippen molar-refractivity contribution in [1.82, 2.24) is 10.1 Å². The van der Waals surface area contributed by atoms with Crippen LogP contribution >= 0.6 is 15.9 Å². The lowest BCUT2D eigenvalue weighted by Gasteiger charge is -2.32. The zero-order valence-corrected chi connectivity index (χ0v) is 22.4. The molecule has 0 bridgehead atoms. The van der Waals surface area contributed by atoms with Crippen molar-refractivity contribution in [2.45, 2.75) is 97.4 Å². The number of esters is 1. The van der Waals surface area contributed by atoms with Crippen LogP contribution in [0.15, 0.2) is 4.52 Å². The monoisotopic (exact) mass is 534 g/mol. The van der Waals surface area contributed by atoms with Gasteiger partial charge in [0.1, 0.15) is 17.2 Å². The summed E-state index contributed by atoms with van der Waals surface area (Å²) in [6.45, 7) is 15.2. The number of aromatic nitrogens is 1. The Morgan fingerprint density at radius 1 is 1.03 bits per heavy atom. The van der Waals surface area contributed by atoms with E-state index in [1.54, 1.807) is 48.5 Å². The standard InChI is InChI=1S/C22H35BrN2O8/c1-10-29-18(26)15(11-14-16(12-23)33-24-17(14)30-13(2)3)25(19(27)31-21(4,5)6)20(28)32-22(7,8)9/h13,15H,10-12H2,1-9H3. The van der Waals surface area contributed by atoms with Gasteiger partial charge in [0, 0.05) is 6.42 Å². The van der Waals surface area contributed by atoms with Crippen LogP contribution in [0.2, 0.25) is 0 Å². The fraction of sp³-hybridized carbons (Fsp3) is 0.727. The highest BCUT2D eigenvalue weighted by molar-refractivity contribution is 9.08. The smallest absolute Gasteiger partial charge is 0.420 e. The zero-order valence-electron chi connectivity index (χ0n) is 20.8. The number of rotatable bonds is 8. The minimum Gasteiger partial charge on any atom is -0.473 e. The first-order valence-corrected chi connectivity index (χ1v) is 11.8. The molecule has 188 valence electrons. The summed E-state index contributed by atoms with van der Waals surface area (Å²) in [5, 5.41) is 4.19. The molecule has 0 aliphatic heterocycles.